The Bertz CT molecular complexity index is 827. The lowest BCUT2D eigenvalue weighted by atomic mass is 9.79. The third kappa shape index (κ3) is 2.25. The number of fused-ring (bicyclic) bond motifs is 2. The van der Waals surface area contributed by atoms with Crippen molar-refractivity contribution in [1.82, 2.24) is 0 Å². The maximum atomic E-state index is 13.6. The maximum Gasteiger partial charge on any atom is 0.193 e. The Hall–Kier alpha value is -1.89. The van der Waals surface area contributed by atoms with Crippen LogP contribution in [0.25, 0.3) is 0 Å². The van der Waals surface area contributed by atoms with Gasteiger partial charge in [-0.3, -0.25) is 4.79 Å². The van der Waals surface area contributed by atoms with Crippen LogP contribution in [0.3, 0.4) is 0 Å². The number of carbonyl (C=O) groups is 1. The first kappa shape index (κ1) is 17.5. The Balaban J connectivity index is 1.84. The summed E-state index contributed by atoms with van der Waals surface area (Å²) in [6.07, 6.45) is 2.00. The molecule has 0 saturated carbocycles. The molecule has 0 N–H and O–H groups in total. The predicted octanol–water partition coefficient (Wildman–Crippen LogP) is 5.86. The highest BCUT2D eigenvalue weighted by Gasteiger charge is 2.40. The minimum Gasteiger partial charge on any atom is -0.289 e. The van der Waals surface area contributed by atoms with Crippen LogP contribution in [-0.4, -0.2) is 5.78 Å². The Morgan fingerprint density at radius 1 is 0.769 bits per heavy atom. The summed E-state index contributed by atoms with van der Waals surface area (Å²) in [4.78, 5) is 13.6. The van der Waals surface area contributed by atoms with Crippen molar-refractivity contribution >= 4 is 5.78 Å². The molecular formula is C25H30O. The first-order valence-corrected chi connectivity index (χ1v) is 9.95. The molecule has 0 saturated heterocycles. The van der Waals surface area contributed by atoms with Crippen molar-refractivity contribution in [3.8, 4) is 0 Å². The smallest absolute Gasteiger partial charge is 0.193 e. The van der Waals surface area contributed by atoms with E-state index in [9.17, 15) is 4.79 Å². The van der Waals surface area contributed by atoms with Crippen molar-refractivity contribution in [3.63, 3.8) is 0 Å². The summed E-state index contributed by atoms with van der Waals surface area (Å²) in [6.45, 7) is 13.8. The van der Waals surface area contributed by atoms with Crippen molar-refractivity contribution < 1.29 is 4.79 Å². The number of benzene rings is 2. The fraction of sp³-hybridized carbons (Fsp3) is 0.480. The summed E-state index contributed by atoms with van der Waals surface area (Å²) in [5, 5.41) is 0. The molecule has 26 heavy (non-hydrogen) atoms. The summed E-state index contributed by atoms with van der Waals surface area (Å²) in [5.41, 5.74) is 7.39. The normalized spacial score (nSPS) is 25.0. The average molecular weight is 347 g/mol. The summed E-state index contributed by atoms with van der Waals surface area (Å²) >= 11 is 0. The number of hydrogen-bond acceptors (Lipinski definition) is 1. The molecule has 2 aliphatic carbocycles. The summed E-state index contributed by atoms with van der Waals surface area (Å²) in [6, 6.07) is 12.7. The summed E-state index contributed by atoms with van der Waals surface area (Å²) < 4.78 is 0. The van der Waals surface area contributed by atoms with Gasteiger partial charge in [-0.15, -0.1) is 0 Å². The highest BCUT2D eigenvalue weighted by Crippen LogP contribution is 2.46. The standard InChI is InChI=1S/C25H30O/c1-15-13-19-17(9-7-11-21(19)24(15,3)4)23(26)18-10-8-12-22-20(18)14-16(2)25(22,5)6/h7-12,15-16H,13-14H2,1-6H3. The van der Waals surface area contributed by atoms with Crippen molar-refractivity contribution in [2.24, 2.45) is 11.8 Å². The Morgan fingerprint density at radius 3 is 1.54 bits per heavy atom. The molecule has 1 heteroatoms. The number of ketones is 1. The van der Waals surface area contributed by atoms with Gasteiger partial charge >= 0.3 is 0 Å². The van der Waals surface area contributed by atoms with Gasteiger partial charge in [0.25, 0.3) is 0 Å². The van der Waals surface area contributed by atoms with Crippen LogP contribution in [0, 0.1) is 11.8 Å². The zero-order valence-corrected chi connectivity index (χ0v) is 16.9. The quantitative estimate of drug-likeness (QED) is 0.623. The van der Waals surface area contributed by atoms with Gasteiger partial charge in [-0.1, -0.05) is 77.9 Å². The van der Waals surface area contributed by atoms with E-state index in [1.807, 2.05) is 12.1 Å². The zero-order chi connectivity index (χ0) is 18.9. The van der Waals surface area contributed by atoms with Crippen LogP contribution >= 0.6 is 0 Å². The molecule has 2 aliphatic rings. The van der Waals surface area contributed by atoms with Gasteiger partial charge in [-0.05, 0) is 57.8 Å². The third-order valence-electron chi connectivity index (χ3n) is 7.71. The maximum absolute atomic E-state index is 13.6. The van der Waals surface area contributed by atoms with E-state index >= 15 is 0 Å². The lowest BCUT2D eigenvalue weighted by Crippen LogP contribution is -2.21. The third-order valence-corrected chi connectivity index (χ3v) is 7.71. The molecule has 0 heterocycles. The lowest BCUT2D eigenvalue weighted by molar-refractivity contribution is 0.103. The Labute approximate surface area is 157 Å². The van der Waals surface area contributed by atoms with Crippen molar-refractivity contribution in [3.05, 3.63) is 69.8 Å². The fourth-order valence-electron chi connectivity index (χ4n) is 5.04. The van der Waals surface area contributed by atoms with Gasteiger partial charge in [0.2, 0.25) is 0 Å². The van der Waals surface area contributed by atoms with E-state index in [0.29, 0.717) is 11.8 Å². The Kier molecular flexibility index (Phi) is 3.74. The van der Waals surface area contributed by atoms with Crippen molar-refractivity contribution in [2.75, 3.05) is 0 Å². The molecule has 2 aromatic rings. The molecule has 2 unspecified atom stereocenters. The molecule has 0 fully saturated rings. The van der Waals surface area contributed by atoms with E-state index in [0.717, 1.165) is 24.0 Å². The molecule has 2 atom stereocenters. The first-order valence-electron chi connectivity index (χ1n) is 9.95. The van der Waals surface area contributed by atoms with Gasteiger partial charge in [-0.2, -0.15) is 0 Å². The molecule has 0 radical (unpaired) electrons. The minimum absolute atomic E-state index is 0.140. The summed E-state index contributed by atoms with van der Waals surface area (Å²) in [7, 11) is 0. The first-order chi connectivity index (χ1) is 12.2. The fourth-order valence-corrected chi connectivity index (χ4v) is 5.04. The van der Waals surface area contributed by atoms with Gasteiger partial charge in [-0.25, -0.2) is 0 Å². The molecule has 0 aromatic heterocycles. The van der Waals surface area contributed by atoms with Crippen molar-refractivity contribution in [2.45, 2.75) is 65.2 Å². The summed E-state index contributed by atoms with van der Waals surface area (Å²) in [5.74, 6) is 1.34. The Morgan fingerprint density at radius 2 is 1.15 bits per heavy atom. The van der Waals surface area contributed by atoms with E-state index in [2.05, 4.69) is 65.8 Å². The zero-order valence-electron chi connectivity index (χ0n) is 16.9. The molecule has 0 aliphatic heterocycles. The number of hydrogen-bond donors (Lipinski definition) is 0. The molecule has 0 bridgehead atoms. The van der Waals surface area contributed by atoms with E-state index in [1.54, 1.807) is 0 Å². The minimum atomic E-state index is 0.140. The van der Waals surface area contributed by atoms with Gasteiger partial charge in [0, 0.05) is 11.1 Å². The number of carbonyl (C=O) groups excluding carboxylic acids is 1. The van der Waals surface area contributed by atoms with E-state index in [1.165, 1.54) is 22.3 Å². The monoisotopic (exact) mass is 346 g/mol. The molecule has 136 valence electrons. The largest absolute Gasteiger partial charge is 0.289 e. The van der Waals surface area contributed by atoms with Gasteiger partial charge in [0.05, 0.1) is 0 Å². The average Bonchev–Trinajstić information content (AvgIpc) is 2.97. The predicted molar refractivity (Wildman–Crippen MR) is 108 cm³/mol. The van der Waals surface area contributed by atoms with E-state index in [-0.39, 0.29) is 16.6 Å². The molecule has 0 spiro atoms. The lowest BCUT2D eigenvalue weighted by Gasteiger charge is -2.25. The van der Waals surface area contributed by atoms with Crippen molar-refractivity contribution in [1.29, 1.82) is 0 Å². The highest BCUT2D eigenvalue weighted by molar-refractivity contribution is 6.11. The van der Waals surface area contributed by atoms with Crippen LogP contribution < -0.4 is 0 Å². The topological polar surface area (TPSA) is 17.1 Å². The van der Waals surface area contributed by atoms with Crippen LogP contribution in [0.1, 0.15) is 79.7 Å². The van der Waals surface area contributed by atoms with Crippen LogP contribution in [0.4, 0.5) is 0 Å². The molecule has 0 amide bonds. The van der Waals surface area contributed by atoms with E-state index < -0.39 is 0 Å². The molecule has 1 nitrogen and oxygen atoms in total. The van der Waals surface area contributed by atoms with Crippen LogP contribution in [0.2, 0.25) is 0 Å². The molecule has 2 aromatic carbocycles. The van der Waals surface area contributed by atoms with Gasteiger partial charge < -0.3 is 0 Å². The molecular weight excluding hydrogens is 316 g/mol. The number of rotatable bonds is 2. The van der Waals surface area contributed by atoms with Crippen LogP contribution in [0.5, 0.6) is 0 Å². The van der Waals surface area contributed by atoms with Crippen LogP contribution in [0.15, 0.2) is 36.4 Å². The highest BCUT2D eigenvalue weighted by atomic mass is 16.1. The van der Waals surface area contributed by atoms with Crippen LogP contribution in [-0.2, 0) is 23.7 Å². The van der Waals surface area contributed by atoms with Gasteiger partial charge in [0.1, 0.15) is 0 Å². The second-order valence-electron chi connectivity index (χ2n) is 9.65. The molecule has 4 rings (SSSR count). The van der Waals surface area contributed by atoms with Gasteiger partial charge in [0.15, 0.2) is 5.78 Å². The second kappa shape index (κ2) is 5.55. The second-order valence-corrected chi connectivity index (χ2v) is 9.65. The van der Waals surface area contributed by atoms with E-state index in [4.69, 9.17) is 0 Å². The SMILES string of the molecule is CC1Cc2c(C(=O)c3cccc4c3CC(C)C4(C)C)cccc2C1(C)C.